The monoisotopic (exact) mass is 419 g/mol. The zero-order valence-electron chi connectivity index (χ0n) is 10.5. The molecule has 3 N–H and O–H groups in total. The number of benzene rings is 1. The van der Waals surface area contributed by atoms with Gasteiger partial charge in [-0.15, -0.1) is 0 Å². The molecule has 0 saturated carbocycles. The van der Waals surface area contributed by atoms with Crippen LogP contribution < -0.4 is 16.0 Å². The number of aromatic nitrogens is 1. The summed E-state index contributed by atoms with van der Waals surface area (Å²) in [4.78, 5) is 4.39. The molecule has 0 aliphatic carbocycles. The van der Waals surface area contributed by atoms with Crippen LogP contribution in [0.15, 0.2) is 39.4 Å². The van der Waals surface area contributed by atoms with Crippen molar-refractivity contribution in [3.05, 3.63) is 55.7 Å². The van der Waals surface area contributed by atoms with E-state index >= 15 is 0 Å². The highest BCUT2D eigenvalue weighted by Gasteiger charge is 2.18. The molecule has 7 heteroatoms. The molecule has 2 aromatic rings. The number of ether oxygens (including phenoxy) is 1. The van der Waals surface area contributed by atoms with Crippen molar-refractivity contribution in [2.75, 3.05) is 7.11 Å². The van der Waals surface area contributed by atoms with E-state index in [1.807, 2.05) is 18.2 Å². The van der Waals surface area contributed by atoms with Crippen molar-refractivity contribution in [2.45, 2.75) is 6.04 Å². The molecule has 1 atom stereocenters. The molecule has 0 aliphatic heterocycles. The zero-order chi connectivity index (χ0) is 14.7. The van der Waals surface area contributed by atoms with E-state index in [0.717, 1.165) is 20.2 Å². The fourth-order valence-electron chi connectivity index (χ4n) is 1.83. The van der Waals surface area contributed by atoms with Gasteiger partial charge in [0.05, 0.1) is 23.9 Å². The summed E-state index contributed by atoms with van der Waals surface area (Å²) in [6.07, 6.45) is 1.72. The average molecular weight is 422 g/mol. The maximum atomic E-state index is 6.03. The Morgan fingerprint density at radius 1 is 1.35 bits per heavy atom. The number of pyridine rings is 1. The summed E-state index contributed by atoms with van der Waals surface area (Å²) in [5, 5.41) is 0.551. The number of nitrogens with two attached hydrogens (primary N) is 1. The average Bonchev–Trinajstić information content (AvgIpc) is 2.43. The number of hydrazine groups is 1. The summed E-state index contributed by atoms with van der Waals surface area (Å²) < 4.78 is 6.96. The number of methoxy groups -OCH3 is 1. The Bertz CT molecular complexity index is 625. The van der Waals surface area contributed by atoms with E-state index in [1.54, 1.807) is 19.4 Å². The SMILES string of the molecule is COc1cc(C(NN)c2ncc(Br)cc2Br)ccc1Cl. The quantitative estimate of drug-likeness (QED) is 0.582. The second-order valence-corrected chi connectivity index (χ2v) is 6.19. The van der Waals surface area contributed by atoms with Crippen molar-refractivity contribution >= 4 is 43.5 Å². The first kappa shape index (κ1) is 15.7. The molecule has 0 radical (unpaired) electrons. The largest absolute Gasteiger partial charge is 0.495 e. The van der Waals surface area contributed by atoms with E-state index in [-0.39, 0.29) is 6.04 Å². The lowest BCUT2D eigenvalue weighted by atomic mass is 10.0. The summed E-state index contributed by atoms with van der Waals surface area (Å²) >= 11 is 12.9. The van der Waals surface area contributed by atoms with Crippen LogP contribution in [0.25, 0.3) is 0 Å². The van der Waals surface area contributed by atoms with Gasteiger partial charge >= 0.3 is 0 Å². The van der Waals surface area contributed by atoms with Crippen molar-refractivity contribution in [1.29, 1.82) is 0 Å². The second kappa shape index (κ2) is 6.87. The molecule has 0 bridgehead atoms. The van der Waals surface area contributed by atoms with Crippen LogP contribution in [0.4, 0.5) is 0 Å². The Morgan fingerprint density at radius 2 is 2.10 bits per heavy atom. The molecule has 1 aromatic carbocycles. The van der Waals surface area contributed by atoms with Gasteiger partial charge in [-0.25, -0.2) is 5.43 Å². The molecule has 106 valence electrons. The second-order valence-electron chi connectivity index (χ2n) is 4.01. The number of nitrogens with zero attached hydrogens (tertiary/aromatic N) is 1. The standard InChI is InChI=1S/C13H12Br2ClN3O/c1-20-11-4-7(2-3-10(11)16)12(19-17)13-9(15)5-8(14)6-18-13/h2-6,12,19H,17H2,1H3. The summed E-state index contributed by atoms with van der Waals surface area (Å²) in [5.41, 5.74) is 4.44. The van der Waals surface area contributed by atoms with Gasteiger partial charge in [0.25, 0.3) is 0 Å². The fraction of sp³-hybridized carbons (Fsp3) is 0.154. The van der Waals surface area contributed by atoms with Crippen LogP contribution in [0.1, 0.15) is 17.3 Å². The molecule has 0 amide bonds. The molecule has 0 fully saturated rings. The van der Waals surface area contributed by atoms with Crippen LogP contribution in [0.2, 0.25) is 5.02 Å². The Hall–Kier alpha value is -0.660. The molecule has 20 heavy (non-hydrogen) atoms. The molecule has 0 spiro atoms. The maximum Gasteiger partial charge on any atom is 0.137 e. The highest BCUT2D eigenvalue weighted by molar-refractivity contribution is 9.11. The van der Waals surface area contributed by atoms with Crippen LogP contribution in [-0.2, 0) is 0 Å². The Kier molecular flexibility index (Phi) is 5.40. The van der Waals surface area contributed by atoms with Crippen molar-refractivity contribution in [3.8, 4) is 5.75 Å². The van der Waals surface area contributed by atoms with Crippen molar-refractivity contribution in [3.63, 3.8) is 0 Å². The van der Waals surface area contributed by atoms with Gasteiger partial charge in [-0.05, 0) is 55.6 Å². The van der Waals surface area contributed by atoms with Gasteiger partial charge in [0, 0.05) is 15.1 Å². The molecule has 2 rings (SSSR count). The van der Waals surface area contributed by atoms with Crippen LogP contribution >= 0.6 is 43.5 Å². The molecule has 0 saturated heterocycles. The first-order chi connectivity index (χ1) is 9.56. The van der Waals surface area contributed by atoms with Crippen LogP contribution in [0, 0.1) is 0 Å². The van der Waals surface area contributed by atoms with E-state index in [9.17, 15) is 0 Å². The normalized spacial score (nSPS) is 12.2. The number of rotatable bonds is 4. The Morgan fingerprint density at radius 3 is 2.70 bits per heavy atom. The van der Waals surface area contributed by atoms with Crippen molar-refractivity contribution in [1.82, 2.24) is 10.4 Å². The highest BCUT2D eigenvalue weighted by Crippen LogP contribution is 2.32. The fourth-order valence-corrected chi connectivity index (χ4v) is 3.24. The molecule has 1 aromatic heterocycles. The van der Waals surface area contributed by atoms with Gasteiger partial charge in [-0.3, -0.25) is 10.8 Å². The maximum absolute atomic E-state index is 6.03. The lowest BCUT2D eigenvalue weighted by molar-refractivity contribution is 0.414. The predicted molar refractivity (Wildman–Crippen MR) is 86.8 cm³/mol. The van der Waals surface area contributed by atoms with Gasteiger partial charge in [0.1, 0.15) is 5.75 Å². The van der Waals surface area contributed by atoms with Crippen LogP contribution in [0.3, 0.4) is 0 Å². The summed E-state index contributed by atoms with van der Waals surface area (Å²) in [6, 6.07) is 7.13. The Balaban J connectivity index is 2.46. The van der Waals surface area contributed by atoms with Crippen molar-refractivity contribution < 1.29 is 4.74 Å². The third-order valence-corrected chi connectivity index (χ3v) is 4.17. The molecule has 4 nitrogen and oxygen atoms in total. The molecular weight excluding hydrogens is 409 g/mol. The number of hydrogen-bond acceptors (Lipinski definition) is 4. The number of hydrogen-bond donors (Lipinski definition) is 2. The number of nitrogens with one attached hydrogen (secondary N) is 1. The predicted octanol–water partition coefficient (Wildman–Crippen LogP) is 3.82. The molecule has 1 heterocycles. The van der Waals surface area contributed by atoms with Gasteiger partial charge in [-0.2, -0.15) is 0 Å². The molecular formula is C13H12Br2ClN3O. The van der Waals surface area contributed by atoms with Crippen LogP contribution in [0.5, 0.6) is 5.75 Å². The Labute approximate surface area is 138 Å². The smallest absolute Gasteiger partial charge is 0.137 e. The third kappa shape index (κ3) is 3.32. The van der Waals surface area contributed by atoms with E-state index in [2.05, 4.69) is 42.3 Å². The minimum atomic E-state index is -0.274. The minimum absolute atomic E-state index is 0.274. The van der Waals surface area contributed by atoms with Crippen molar-refractivity contribution in [2.24, 2.45) is 5.84 Å². The van der Waals surface area contributed by atoms with E-state index < -0.39 is 0 Å². The van der Waals surface area contributed by atoms with E-state index in [1.165, 1.54) is 0 Å². The van der Waals surface area contributed by atoms with Gasteiger partial charge in [0.15, 0.2) is 0 Å². The van der Waals surface area contributed by atoms with Crippen LogP contribution in [-0.4, -0.2) is 12.1 Å². The highest BCUT2D eigenvalue weighted by atomic mass is 79.9. The first-order valence-corrected chi connectivity index (χ1v) is 7.63. The van der Waals surface area contributed by atoms with E-state index in [4.69, 9.17) is 22.2 Å². The number of halogens is 3. The summed E-state index contributed by atoms with van der Waals surface area (Å²) in [6.45, 7) is 0. The lowest BCUT2D eigenvalue weighted by Crippen LogP contribution is -2.29. The molecule has 1 unspecified atom stereocenters. The molecule has 0 aliphatic rings. The minimum Gasteiger partial charge on any atom is -0.495 e. The third-order valence-electron chi connectivity index (χ3n) is 2.78. The van der Waals surface area contributed by atoms with E-state index in [0.29, 0.717) is 10.8 Å². The first-order valence-electron chi connectivity index (χ1n) is 5.67. The van der Waals surface area contributed by atoms with Gasteiger partial charge in [0.2, 0.25) is 0 Å². The van der Waals surface area contributed by atoms with Gasteiger partial charge < -0.3 is 4.74 Å². The lowest BCUT2D eigenvalue weighted by Gasteiger charge is -2.18. The topological polar surface area (TPSA) is 60.2 Å². The zero-order valence-corrected chi connectivity index (χ0v) is 14.5. The summed E-state index contributed by atoms with van der Waals surface area (Å²) in [5.74, 6) is 6.27. The summed E-state index contributed by atoms with van der Waals surface area (Å²) in [7, 11) is 1.57. The van der Waals surface area contributed by atoms with Gasteiger partial charge in [-0.1, -0.05) is 17.7 Å².